The maximum Gasteiger partial charge on any atom is 0.0391 e. The molecule has 0 rings (SSSR count). The van der Waals surface area contributed by atoms with Crippen molar-refractivity contribution in [3.05, 3.63) is 24.7 Å². The molecule has 3 N–H and O–H groups in total. The lowest BCUT2D eigenvalue weighted by Crippen LogP contribution is -2.30. The van der Waals surface area contributed by atoms with Gasteiger partial charge in [-0.3, -0.25) is 10.2 Å². The fraction of sp³-hybridized carbons (Fsp3) is 0.333. The standard InChI is InChI=1S/C6H13N3O/c1-6(2)9(5-4-7)8(3)10/h4-5,10H,1,7H2,2-3H3/b5-4-. The van der Waals surface area contributed by atoms with E-state index in [1.54, 1.807) is 6.92 Å². The molecule has 4 heteroatoms. The fourth-order valence-electron chi connectivity index (χ4n) is 0.552. The predicted octanol–water partition coefficient (Wildman–Crippen LogP) is 0.488. The van der Waals surface area contributed by atoms with Crippen LogP contribution in [0.4, 0.5) is 0 Å². The van der Waals surface area contributed by atoms with Crippen LogP contribution in [0.5, 0.6) is 0 Å². The van der Waals surface area contributed by atoms with Crippen molar-refractivity contribution < 1.29 is 5.21 Å². The smallest absolute Gasteiger partial charge is 0.0391 e. The molecule has 0 saturated carbocycles. The van der Waals surface area contributed by atoms with Gasteiger partial charge in [0.2, 0.25) is 0 Å². The summed E-state index contributed by atoms with van der Waals surface area (Å²) in [5.74, 6) is 0. The van der Waals surface area contributed by atoms with Crippen molar-refractivity contribution in [1.29, 1.82) is 0 Å². The summed E-state index contributed by atoms with van der Waals surface area (Å²) in [4.78, 5) is 0. The lowest BCUT2D eigenvalue weighted by molar-refractivity contribution is -0.187. The molecule has 0 bridgehead atoms. The van der Waals surface area contributed by atoms with Crippen molar-refractivity contribution >= 4 is 0 Å². The van der Waals surface area contributed by atoms with Gasteiger partial charge in [0, 0.05) is 25.1 Å². The molecule has 0 amide bonds. The normalized spacial score (nSPS) is 10.8. The van der Waals surface area contributed by atoms with Gasteiger partial charge in [-0.2, -0.15) is 0 Å². The number of nitrogens with zero attached hydrogens (tertiary/aromatic N) is 2. The third kappa shape index (κ3) is 2.52. The van der Waals surface area contributed by atoms with E-state index in [0.717, 1.165) is 5.17 Å². The number of hydrogen-bond donors (Lipinski definition) is 2. The Morgan fingerprint density at radius 3 is 2.30 bits per heavy atom. The summed E-state index contributed by atoms with van der Waals surface area (Å²) in [6, 6.07) is 0. The van der Waals surface area contributed by atoms with Crippen LogP contribution in [0.25, 0.3) is 0 Å². The molecule has 58 valence electrons. The summed E-state index contributed by atoms with van der Waals surface area (Å²) in [6.07, 6.45) is 2.82. The minimum Gasteiger partial charge on any atom is -0.403 e. The summed E-state index contributed by atoms with van der Waals surface area (Å²) in [6.45, 7) is 5.37. The first kappa shape index (κ1) is 9.00. The molecular formula is C6H13N3O. The van der Waals surface area contributed by atoms with E-state index in [0.29, 0.717) is 5.70 Å². The molecule has 0 unspecified atom stereocenters. The van der Waals surface area contributed by atoms with E-state index in [-0.39, 0.29) is 0 Å². The second kappa shape index (κ2) is 3.92. The van der Waals surface area contributed by atoms with Crippen LogP contribution >= 0.6 is 0 Å². The zero-order valence-corrected chi connectivity index (χ0v) is 6.28. The summed E-state index contributed by atoms with van der Waals surface area (Å²) in [5.41, 5.74) is 5.79. The molecule has 0 aliphatic carbocycles. The number of allylic oxidation sites excluding steroid dienone is 1. The van der Waals surface area contributed by atoms with Crippen LogP contribution in [0.15, 0.2) is 24.7 Å². The molecule has 0 spiro atoms. The molecule has 0 aliphatic heterocycles. The summed E-state index contributed by atoms with van der Waals surface area (Å²) >= 11 is 0. The average Bonchev–Trinajstić information content (AvgIpc) is 1.81. The molecule has 0 atom stereocenters. The van der Waals surface area contributed by atoms with Crippen molar-refractivity contribution in [2.24, 2.45) is 5.73 Å². The Bertz CT molecular complexity index is 142. The van der Waals surface area contributed by atoms with Crippen LogP contribution in [0, 0.1) is 0 Å². The Kier molecular flexibility index (Phi) is 3.53. The van der Waals surface area contributed by atoms with Crippen molar-refractivity contribution in [1.82, 2.24) is 10.2 Å². The van der Waals surface area contributed by atoms with Crippen molar-refractivity contribution in [2.45, 2.75) is 6.92 Å². The maximum absolute atomic E-state index is 8.91. The number of rotatable bonds is 3. The molecule has 0 aromatic carbocycles. The third-order valence-electron chi connectivity index (χ3n) is 0.930. The highest BCUT2D eigenvalue weighted by Gasteiger charge is 2.01. The van der Waals surface area contributed by atoms with Crippen molar-refractivity contribution in [2.75, 3.05) is 7.05 Å². The number of nitrogens with two attached hydrogens (primary N) is 1. The molecule has 0 aromatic heterocycles. The van der Waals surface area contributed by atoms with E-state index in [1.165, 1.54) is 24.5 Å². The van der Waals surface area contributed by atoms with Gasteiger partial charge in [-0.25, -0.2) is 0 Å². The number of hydrazine groups is 1. The van der Waals surface area contributed by atoms with Gasteiger partial charge in [0.15, 0.2) is 0 Å². The predicted molar refractivity (Wildman–Crippen MR) is 39.5 cm³/mol. The number of hydrogen-bond acceptors (Lipinski definition) is 4. The minimum atomic E-state index is 0.687. The van der Waals surface area contributed by atoms with E-state index >= 15 is 0 Å². The van der Waals surface area contributed by atoms with Crippen LogP contribution in [-0.4, -0.2) is 22.4 Å². The quantitative estimate of drug-likeness (QED) is 0.564. The van der Waals surface area contributed by atoms with Gasteiger partial charge >= 0.3 is 0 Å². The molecule has 4 nitrogen and oxygen atoms in total. The molecule has 0 saturated heterocycles. The van der Waals surface area contributed by atoms with Gasteiger partial charge in [-0.05, 0) is 6.92 Å². The lowest BCUT2D eigenvalue weighted by atomic mass is 10.5. The third-order valence-corrected chi connectivity index (χ3v) is 0.930. The fourth-order valence-corrected chi connectivity index (χ4v) is 0.552. The molecule has 0 aromatic rings. The Labute approximate surface area is 60.8 Å². The molecule has 0 radical (unpaired) electrons. The highest BCUT2D eigenvalue weighted by atomic mass is 16.5. The van der Waals surface area contributed by atoms with Gasteiger partial charge in [0.25, 0.3) is 0 Å². The Morgan fingerprint density at radius 1 is 1.70 bits per heavy atom. The molecular weight excluding hydrogens is 130 g/mol. The van der Waals surface area contributed by atoms with Gasteiger partial charge in [0.05, 0.1) is 0 Å². The first-order chi connectivity index (χ1) is 4.59. The molecule has 0 fully saturated rings. The Balaban J connectivity index is 4.12. The van der Waals surface area contributed by atoms with E-state index in [9.17, 15) is 0 Å². The van der Waals surface area contributed by atoms with Crippen LogP contribution < -0.4 is 5.73 Å². The van der Waals surface area contributed by atoms with E-state index in [1.807, 2.05) is 0 Å². The Hall–Kier alpha value is -1.00. The van der Waals surface area contributed by atoms with Crippen LogP contribution in [0.3, 0.4) is 0 Å². The molecule has 10 heavy (non-hydrogen) atoms. The summed E-state index contributed by atoms with van der Waals surface area (Å²) < 4.78 is 0. The second-order valence-electron chi connectivity index (χ2n) is 1.91. The van der Waals surface area contributed by atoms with Crippen molar-refractivity contribution in [3.8, 4) is 0 Å². The van der Waals surface area contributed by atoms with Crippen LogP contribution in [0.1, 0.15) is 6.92 Å². The zero-order valence-electron chi connectivity index (χ0n) is 6.28. The highest BCUT2D eigenvalue weighted by Crippen LogP contribution is 2.01. The highest BCUT2D eigenvalue weighted by molar-refractivity contribution is 4.92. The van der Waals surface area contributed by atoms with Gasteiger partial charge < -0.3 is 5.73 Å². The first-order valence-electron chi connectivity index (χ1n) is 2.85. The van der Waals surface area contributed by atoms with E-state index < -0.39 is 0 Å². The minimum absolute atomic E-state index is 0.687. The Morgan fingerprint density at radius 2 is 2.20 bits per heavy atom. The topological polar surface area (TPSA) is 52.7 Å². The maximum atomic E-state index is 8.91. The van der Waals surface area contributed by atoms with Gasteiger partial charge in [-0.15, -0.1) is 5.17 Å². The van der Waals surface area contributed by atoms with E-state index in [4.69, 9.17) is 10.9 Å². The van der Waals surface area contributed by atoms with Crippen LogP contribution in [-0.2, 0) is 0 Å². The largest absolute Gasteiger partial charge is 0.403 e. The first-order valence-corrected chi connectivity index (χ1v) is 2.85. The molecule has 0 aliphatic rings. The van der Waals surface area contributed by atoms with Crippen molar-refractivity contribution in [3.63, 3.8) is 0 Å². The zero-order chi connectivity index (χ0) is 8.15. The number of hydroxylamine groups is 1. The summed E-state index contributed by atoms with van der Waals surface area (Å²) in [7, 11) is 1.48. The SMILES string of the molecule is C=C(C)N(/C=C\N)N(C)O. The average molecular weight is 143 g/mol. The molecule has 0 heterocycles. The monoisotopic (exact) mass is 143 g/mol. The van der Waals surface area contributed by atoms with Gasteiger partial charge in [0.1, 0.15) is 0 Å². The van der Waals surface area contributed by atoms with E-state index in [2.05, 4.69) is 6.58 Å². The van der Waals surface area contributed by atoms with Gasteiger partial charge in [-0.1, -0.05) is 6.58 Å². The second-order valence-corrected chi connectivity index (χ2v) is 1.91. The lowest BCUT2D eigenvalue weighted by Gasteiger charge is -2.24. The summed E-state index contributed by atoms with van der Waals surface area (Å²) in [5, 5.41) is 11.2. The van der Waals surface area contributed by atoms with Crippen LogP contribution in [0.2, 0.25) is 0 Å².